The number of hydrogen-bond acceptors (Lipinski definition) is 7. The molecule has 8 nitrogen and oxygen atoms in total. The van der Waals surface area contributed by atoms with Crippen molar-refractivity contribution in [2.45, 2.75) is 12.5 Å². The summed E-state index contributed by atoms with van der Waals surface area (Å²) in [6, 6.07) is -0.170. The maximum absolute atomic E-state index is 11.7. The van der Waals surface area contributed by atoms with Crippen LogP contribution in [0.3, 0.4) is 0 Å². The second-order valence-corrected chi connectivity index (χ2v) is 7.02. The SMILES string of the molecule is COCCNC(=O)c1cnc(NC2CCS(=O)(=O)C2)nc1. The van der Waals surface area contributed by atoms with Crippen LogP contribution in [-0.4, -0.2) is 62.1 Å². The van der Waals surface area contributed by atoms with E-state index in [1.54, 1.807) is 7.11 Å². The third-order valence-corrected chi connectivity index (χ3v) is 4.84. The highest BCUT2D eigenvalue weighted by molar-refractivity contribution is 7.91. The smallest absolute Gasteiger partial charge is 0.254 e. The number of methoxy groups -OCH3 is 1. The van der Waals surface area contributed by atoms with Gasteiger partial charge in [-0.05, 0) is 6.42 Å². The number of hydrogen-bond donors (Lipinski definition) is 2. The number of aromatic nitrogens is 2. The predicted octanol–water partition coefficient (Wildman–Crippen LogP) is -0.548. The van der Waals surface area contributed by atoms with E-state index in [1.165, 1.54) is 12.4 Å². The molecule has 116 valence electrons. The van der Waals surface area contributed by atoms with Crippen molar-refractivity contribution in [1.29, 1.82) is 0 Å². The first kappa shape index (κ1) is 15.6. The number of ether oxygens (including phenoxy) is 1. The summed E-state index contributed by atoms with van der Waals surface area (Å²) in [5, 5.41) is 5.62. The number of anilines is 1. The molecule has 0 spiro atoms. The van der Waals surface area contributed by atoms with Crippen LogP contribution in [0.5, 0.6) is 0 Å². The van der Waals surface area contributed by atoms with Crippen molar-refractivity contribution in [3.8, 4) is 0 Å². The molecule has 1 atom stereocenters. The van der Waals surface area contributed by atoms with Gasteiger partial charge in [-0.1, -0.05) is 0 Å². The zero-order valence-corrected chi connectivity index (χ0v) is 12.5. The van der Waals surface area contributed by atoms with Crippen molar-refractivity contribution >= 4 is 21.7 Å². The number of rotatable bonds is 6. The van der Waals surface area contributed by atoms with Crippen LogP contribution >= 0.6 is 0 Å². The summed E-state index contributed by atoms with van der Waals surface area (Å²) in [7, 11) is -1.39. The van der Waals surface area contributed by atoms with Crippen molar-refractivity contribution in [3.05, 3.63) is 18.0 Å². The topological polar surface area (TPSA) is 110 Å². The lowest BCUT2D eigenvalue weighted by Crippen LogP contribution is -2.27. The van der Waals surface area contributed by atoms with Gasteiger partial charge in [0.1, 0.15) is 0 Å². The maximum atomic E-state index is 11.7. The molecular weight excluding hydrogens is 296 g/mol. The van der Waals surface area contributed by atoms with Gasteiger partial charge in [0, 0.05) is 32.1 Å². The molecule has 1 aliphatic heterocycles. The van der Waals surface area contributed by atoms with Crippen molar-refractivity contribution in [2.24, 2.45) is 0 Å². The molecule has 1 aromatic heterocycles. The molecule has 1 saturated heterocycles. The molecular formula is C12H18N4O4S. The van der Waals surface area contributed by atoms with Gasteiger partial charge in [0.2, 0.25) is 5.95 Å². The standard InChI is InChI=1S/C12H18N4O4S/c1-20-4-3-13-11(17)9-6-14-12(15-7-9)16-10-2-5-21(18,19)8-10/h6-7,10H,2-5,8H2,1H3,(H,13,17)(H,14,15,16). The number of sulfone groups is 1. The largest absolute Gasteiger partial charge is 0.383 e. The maximum Gasteiger partial charge on any atom is 0.254 e. The van der Waals surface area contributed by atoms with Crippen molar-refractivity contribution in [1.82, 2.24) is 15.3 Å². The van der Waals surface area contributed by atoms with E-state index in [1.807, 2.05) is 0 Å². The Morgan fingerprint density at radius 3 is 2.71 bits per heavy atom. The number of amides is 1. The molecule has 1 aliphatic rings. The Morgan fingerprint density at radius 1 is 1.43 bits per heavy atom. The van der Waals surface area contributed by atoms with E-state index >= 15 is 0 Å². The molecule has 0 saturated carbocycles. The third kappa shape index (κ3) is 4.64. The fourth-order valence-electron chi connectivity index (χ4n) is 1.98. The van der Waals surface area contributed by atoms with Gasteiger partial charge in [-0.2, -0.15) is 0 Å². The van der Waals surface area contributed by atoms with E-state index in [-0.39, 0.29) is 23.5 Å². The fraction of sp³-hybridized carbons (Fsp3) is 0.583. The minimum atomic E-state index is -2.94. The summed E-state index contributed by atoms with van der Waals surface area (Å²) in [5.41, 5.74) is 0.343. The summed E-state index contributed by atoms with van der Waals surface area (Å²) in [6.07, 6.45) is 3.35. The van der Waals surface area contributed by atoms with Crippen molar-refractivity contribution < 1.29 is 17.9 Å². The van der Waals surface area contributed by atoms with Gasteiger partial charge in [0.15, 0.2) is 9.84 Å². The molecule has 0 bridgehead atoms. The van der Waals surface area contributed by atoms with E-state index in [2.05, 4.69) is 20.6 Å². The Kier molecular flexibility index (Phi) is 5.07. The monoisotopic (exact) mass is 314 g/mol. The molecule has 2 heterocycles. The number of carbonyl (C=O) groups excluding carboxylic acids is 1. The van der Waals surface area contributed by atoms with Crippen LogP contribution in [0.25, 0.3) is 0 Å². The third-order valence-electron chi connectivity index (χ3n) is 3.07. The van der Waals surface area contributed by atoms with E-state index < -0.39 is 9.84 Å². The van der Waals surface area contributed by atoms with E-state index in [0.29, 0.717) is 31.1 Å². The molecule has 1 amide bonds. The molecule has 1 unspecified atom stereocenters. The van der Waals surface area contributed by atoms with E-state index in [0.717, 1.165) is 0 Å². The van der Waals surface area contributed by atoms with Crippen LogP contribution in [0, 0.1) is 0 Å². The van der Waals surface area contributed by atoms with E-state index in [4.69, 9.17) is 4.74 Å². The molecule has 21 heavy (non-hydrogen) atoms. The second-order valence-electron chi connectivity index (χ2n) is 4.79. The first-order valence-corrected chi connectivity index (χ1v) is 8.38. The summed E-state index contributed by atoms with van der Waals surface area (Å²) in [6.45, 7) is 0.845. The van der Waals surface area contributed by atoms with Gasteiger partial charge in [-0.25, -0.2) is 18.4 Å². The molecule has 2 N–H and O–H groups in total. The number of nitrogens with one attached hydrogen (secondary N) is 2. The summed E-state index contributed by atoms with van der Waals surface area (Å²) in [4.78, 5) is 19.8. The average molecular weight is 314 g/mol. The van der Waals surface area contributed by atoms with Gasteiger partial charge in [0.05, 0.1) is 23.7 Å². The van der Waals surface area contributed by atoms with Crippen LogP contribution in [0.15, 0.2) is 12.4 Å². The first-order valence-electron chi connectivity index (χ1n) is 6.56. The lowest BCUT2D eigenvalue weighted by molar-refractivity contribution is 0.0936. The van der Waals surface area contributed by atoms with Gasteiger partial charge in [0.25, 0.3) is 5.91 Å². The average Bonchev–Trinajstić information content (AvgIpc) is 2.79. The Labute approximate surface area is 123 Å². The first-order chi connectivity index (χ1) is 10.00. The molecule has 0 radical (unpaired) electrons. The Balaban J connectivity index is 1.88. The Bertz CT molecular complexity index is 588. The van der Waals surface area contributed by atoms with Crippen LogP contribution in [0.4, 0.5) is 5.95 Å². The molecule has 9 heteroatoms. The molecule has 1 aromatic rings. The normalized spacial score (nSPS) is 20.1. The van der Waals surface area contributed by atoms with Gasteiger partial charge in [-0.3, -0.25) is 4.79 Å². The van der Waals surface area contributed by atoms with Crippen molar-refractivity contribution in [2.75, 3.05) is 37.1 Å². The summed E-state index contributed by atoms with van der Waals surface area (Å²) in [5.74, 6) is 0.327. The van der Waals surface area contributed by atoms with Crippen LogP contribution < -0.4 is 10.6 Å². The lowest BCUT2D eigenvalue weighted by atomic mass is 10.3. The second kappa shape index (κ2) is 6.81. The minimum Gasteiger partial charge on any atom is -0.383 e. The number of carbonyl (C=O) groups is 1. The molecule has 1 fully saturated rings. The predicted molar refractivity (Wildman–Crippen MR) is 76.9 cm³/mol. The zero-order chi connectivity index (χ0) is 15.3. The van der Waals surface area contributed by atoms with Crippen LogP contribution in [0.2, 0.25) is 0 Å². The zero-order valence-electron chi connectivity index (χ0n) is 11.7. The molecule has 0 aromatic carbocycles. The highest BCUT2D eigenvalue weighted by Gasteiger charge is 2.28. The van der Waals surface area contributed by atoms with Gasteiger partial charge >= 0.3 is 0 Å². The van der Waals surface area contributed by atoms with Crippen molar-refractivity contribution in [3.63, 3.8) is 0 Å². The Morgan fingerprint density at radius 2 is 2.14 bits per heavy atom. The van der Waals surface area contributed by atoms with Crippen LogP contribution in [-0.2, 0) is 14.6 Å². The lowest BCUT2D eigenvalue weighted by Gasteiger charge is -2.10. The minimum absolute atomic E-state index is 0.0929. The molecule has 0 aliphatic carbocycles. The Hall–Kier alpha value is -1.74. The fourth-order valence-corrected chi connectivity index (χ4v) is 3.65. The van der Waals surface area contributed by atoms with Gasteiger partial charge < -0.3 is 15.4 Å². The van der Waals surface area contributed by atoms with E-state index in [9.17, 15) is 13.2 Å². The number of nitrogens with zero attached hydrogens (tertiary/aromatic N) is 2. The quantitative estimate of drug-likeness (QED) is 0.678. The summed E-state index contributed by atoms with van der Waals surface area (Å²) >= 11 is 0. The van der Waals surface area contributed by atoms with Crippen LogP contribution in [0.1, 0.15) is 16.8 Å². The van der Waals surface area contributed by atoms with Gasteiger partial charge in [-0.15, -0.1) is 0 Å². The molecule has 2 rings (SSSR count). The summed E-state index contributed by atoms with van der Waals surface area (Å²) < 4.78 is 27.5. The highest BCUT2D eigenvalue weighted by Crippen LogP contribution is 2.14. The highest BCUT2D eigenvalue weighted by atomic mass is 32.2.